The first-order valence-corrected chi connectivity index (χ1v) is 9.11. The molecule has 8 heteroatoms. The van der Waals surface area contributed by atoms with Gasteiger partial charge in [-0.15, -0.1) is 0 Å². The molecule has 2 aromatic rings. The SMILES string of the molecule is COc1c(O)c2c(c(C)c1C(=O)C=C(C)C)Oc1c(CO)c(O)cc(C)c1C(=O)O2. The number of benzene rings is 2. The van der Waals surface area contributed by atoms with Crippen molar-refractivity contribution in [3.8, 4) is 34.5 Å². The zero-order chi connectivity index (χ0) is 22.3. The summed E-state index contributed by atoms with van der Waals surface area (Å²) >= 11 is 0. The molecule has 1 aliphatic rings. The number of methoxy groups -OCH3 is 1. The Bertz CT molecular complexity index is 1110. The van der Waals surface area contributed by atoms with E-state index < -0.39 is 24.1 Å². The summed E-state index contributed by atoms with van der Waals surface area (Å²) in [5.41, 5.74) is 1.35. The number of rotatable bonds is 4. The molecule has 0 amide bonds. The fourth-order valence-electron chi connectivity index (χ4n) is 3.41. The summed E-state index contributed by atoms with van der Waals surface area (Å²) in [5.74, 6) is -2.79. The van der Waals surface area contributed by atoms with Gasteiger partial charge in [0.2, 0.25) is 11.5 Å². The number of esters is 1. The standard InChI is InChI=1S/C22H22O8/c1-9(2)6-14(25)16-11(4)18-21(17(26)20(16)28-5)30-22(27)15-10(3)7-13(24)12(8-23)19(15)29-18/h6-7,23-24,26H,8H2,1-5H3. The molecule has 0 fully saturated rings. The Morgan fingerprint density at radius 3 is 2.37 bits per heavy atom. The molecule has 0 radical (unpaired) electrons. The Balaban J connectivity index is 2.38. The van der Waals surface area contributed by atoms with Gasteiger partial charge < -0.3 is 29.5 Å². The van der Waals surface area contributed by atoms with Gasteiger partial charge in [0, 0.05) is 5.56 Å². The van der Waals surface area contributed by atoms with Crippen LogP contribution in [0.5, 0.6) is 34.5 Å². The van der Waals surface area contributed by atoms with Crippen LogP contribution in [-0.4, -0.2) is 34.2 Å². The van der Waals surface area contributed by atoms with Gasteiger partial charge in [-0.25, -0.2) is 4.79 Å². The summed E-state index contributed by atoms with van der Waals surface area (Å²) < 4.78 is 16.5. The Morgan fingerprint density at radius 2 is 1.80 bits per heavy atom. The molecule has 1 heterocycles. The topological polar surface area (TPSA) is 123 Å². The van der Waals surface area contributed by atoms with E-state index in [1.165, 1.54) is 19.3 Å². The van der Waals surface area contributed by atoms with Crippen LogP contribution in [0.2, 0.25) is 0 Å². The number of phenols is 2. The molecule has 1 aliphatic heterocycles. The van der Waals surface area contributed by atoms with Gasteiger partial charge in [-0.3, -0.25) is 4.79 Å². The fraction of sp³-hybridized carbons (Fsp3) is 0.273. The van der Waals surface area contributed by atoms with Gasteiger partial charge in [-0.05, 0) is 45.4 Å². The maximum atomic E-state index is 12.8. The number of carbonyl (C=O) groups excluding carboxylic acids is 2. The van der Waals surface area contributed by atoms with E-state index in [1.54, 1.807) is 27.7 Å². The van der Waals surface area contributed by atoms with Crippen LogP contribution >= 0.6 is 0 Å². The number of hydrogen-bond donors (Lipinski definition) is 3. The molecule has 0 atom stereocenters. The lowest BCUT2D eigenvalue weighted by molar-refractivity contribution is 0.0731. The first-order chi connectivity index (χ1) is 14.1. The number of allylic oxidation sites excluding steroid dienone is 2. The second-order valence-corrected chi connectivity index (χ2v) is 7.17. The third-order valence-corrected chi connectivity index (χ3v) is 4.77. The van der Waals surface area contributed by atoms with Crippen molar-refractivity contribution in [3.63, 3.8) is 0 Å². The number of aliphatic hydroxyl groups is 1. The lowest BCUT2D eigenvalue weighted by atomic mass is 9.99. The van der Waals surface area contributed by atoms with E-state index >= 15 is 0 Å². The first kappa shape index (κ1) is 21.2. The molecule has 0 aliphatic carbocycles. The summed E-state index contributed by atoms with van der Waals surface area (Å²) in [6.07, 6.45) is 1.38. The van der Waals surface area contributed by atoms with E-state index in [-0.39, 0.29) is 51.0 Å². The van der Waals surface area contributed by atoms with Crippen LogP contribution in [0.25, 0.3) is 0 Å². The molecule has 0 spiro atoms. The zero-order valence-electron chi connectivity index (χ0n) is 17.2. The van der Waals surface area contributed by atoms with Gasteiger partial charge in [0.25, 0.3) is 0 Å². The molecular formula is C22H22O8. The Labute approximate surface area is 172 Å². The predicted octanol–water partition coefficient (Wildman–Crippen LogP) is 3.69. The van der Waals surface area contributed by atoms with Crippen LogP contribution < -0.4 is 14.2 Å². The highest BCUT2D eigenvalue weighted by Crippen LogP contribution is 2.53. The summed E-state index contributed by atoms with van der Waals surface area (Å²) in [4.78, 5) is 25.6. The Morgan fingerprint density at radius 1 is 1.13 bits per heavy atom. The molecule has 0 saturated carbocycles. The minimum Gasteiger partial charge on any atom is -0.507 e. The number of aryl methyl sites for hydroxylation is 1. The quantitative estimate of drug-likeness (QED) is 0.300. The smallest absolute Gasteiger partial charge is 0.347 e. The molecule has 3 rings (SSSR count). The van der Waals surface area contributed by atoms with E-state index in [0.29, 0.717) is 5.56 Å². The number of hydrogen-bond acceptors (Lipinski definition) is 8. The highest BCUT2D eigenvalue weighted by Gasteiger charge is 2.35. The van der Waals surface area contributed by atoms with Gasteiger partial charge in [0.05, 0.1) is 24.8 Å². The molecule has 30 heavy (non-hydrogen) atoms. The number of ether oxygens (including phenoxy) is 3. The normalized spacial score (nSPS) is 12.1. The predicted molar refractivity (Wildman–Crippen MR) is 107 cm³/mol. The first-order valence-electron chi connectivity index (χ1n) is 9.11. The van der Waals surface area contributed by atoms with Crippen molar-refractivity contribution in [2.75, 3.05) is 7.11 Å². The molecule has 3 N–H and O–H groups in total. The maximum Gasteiger partial charge on any atom is 0.347 e. The van der Waals surface area contributed by atoms with Gasteiger partial charge in [0.15, 0.2) is 23.0 Å². The van der Waals surface area contributed by atoms with Crippen LogP contribution in [0, 0.1) is 13.8 Å². The van der Waals surface area contributed by atoms with E-state index in [2.05, 4.69) is 0 Å². The average molecular weight is 414 g/mol. The maximum absolute atomic E-state index is 12.8. The largest absolute Gasteiger partial charge is 0.507 e. The minimum absolute atomic E-state index is 0.0111. The lowest BCUT2D eigenvalue weighted by Crippen LogP contribution is -2.11. The van der Waals surface area contributed by atoms with Crippen molar-refractivity contribution >= 4 is 11.8 Å². The molecule has 0 saturated heterocycles. The monoisotopic (exact) mass is 414 g/mol. The number of aromatic hydroxyl groups is 2. The van der Waals surface area contributed by atoms with Gasteiger partial charge in [-0.1, -0.05) is 5.57 Å². The summed E-state index contributed by atoms with van der Waals surface area (Å²) in [5, 5.41) is 30.7. The molecule has 158 valence electrons. The lowest BCUT2D eigenvalue weighted by Gasteiger charge is -2.19. The minimum atomic E-state index is -0.851. The number of fused-ring (bicyclic) bond motifs is 2. The summed E-state index contributed by atoms with van der Waals surface area (Å²) in [6, 6.07) is 1.31. The van der Waals surface area contributed by atoms with Gasteiger partial charge >= 0.3 is 5.97 Å². The van der Waals surface area contributed by atoms with Gasteiger partial charge in [-0.2, -0.15) is 0 Å². The van der Waals surface area contributed by atoms with Gasteiger partial charge in [0.1, 0.15) is 11.3 Å². The number of aliphatic hydroxyl groups excluding tert-OH is 1. The Hall–Kier alpha value is -3.52. The number of ketones is 1. The Kier molecular flexibility index (Phi) is 5.45. The van der Waals surface area contributed by atoms with Crippen LogP contribution in [0.1, 0.15) is 51.3 Å². The van der Waals surface area contributed by atoms with Crippen molar-refractivity contribution in [1.82, 2.24) is 0 Å². The molecule has 0 bridgehead atoms. The fourth-order valence-corrected chi connectivity index (χ4v) is 3.41. The van der Waals surface area contributed by atoms with Crippen molar-refractivity contribution in [2.45, 2.75) is 34.3 Å². The van der Waals surface area contributed by atoms with Crippen molar-refractivity contribution in [1.29, 1.82) is 0 Å². The third kappa shape index (κ3) is 3.25. The second kappa shape index (κ2) is 7.72. The molecule has 8 nitrogen and oxygen atoms in total. The van der Waals surface area contributed by atoms with Crippen molar-refractivity contribution in [2.24, 2.45) is 0 Å². The summed E-state index contributed by atoms with van der Waals surface area (Å²) in [6.45, 7) is 6.01. The molecular weight excluding hydrogens is 392 g/mol. The second-order valence-electron chi connectivity index (χ2n) is 7.17. The summed E-state index contributed by atoms with van der Waals surface area (Å²) in [7, 11) is 1.28. The number of phenolic OH excluding ortho intramolecular Hbond substituents is 1. The molecule has 2 aromatic carbocycles. The average Bonchev–Trinajstić information content (AvgIpc) is 2.81. The van der Waals surface area contributed by atoms with Crippen LogP contribution in [0.15, 0.2) is 17.7 Å². The molecule has 0 aromatic heterocycles. The van der Waals surface area contributed by atoms with Crippen LogP contribution in [0.4, 0.5) is 0 Å². The van der Waals surface area contributed by atoms with E-state index in [0.717, 1.165) is 5.57 Å². The third-order valence-electron chi connectivity index (χ3n) is 4.77. The number of carbonyl (C=O) groups is 2. The van der Waals surface area contributed by atoms with Crippen LogP contribution in [-0.2, 0) is 6.61 Å². The molecule has 0 unspecified atom stereocenters. The van der Waals surface area contributed by atoms with Crippen molar-refractivity contribution < 1.29 is 39.1 Å². The van der Waals surface area contributed by atoms with Crippen molar-refractivity contribution in [3.05, 3.63) is 45.5 Å². The van der Waals surface area contributed by atoms with E-state index in [9.17, 15) is 24.9 Å². The highest BCUT2D eigenvalue weighted by atomic mass is 16.6. The van der Waals surface area contributed by atoms with Crippen LogP contribution in [0.3, 0.4) is 0 Å². The highest BCUT2D eigenvalue weighted by molar-refractivity contribution is 6.10. The van der Waals surface area contributed by atoms with E-state index in [4.69, 9.17) is 14.2 Å². The zero-order valence-corrected chi connectivity index (χ0v) is 17.2. The van der Waals surface area contributed by atoms with E-state index in [1.807, 2.05) is 0 Å².